The van der Waals surface area contributed by atoms with Crippen LogP contribution < -0.4 is 0 Å². The minimum Gasteiger partial charge on any atom is -0.390 e. The van der Waals surface area contributed by atoms with Crippen molar-refractivity contribution in [2.24, 2.45) is 0 Å². The van der Waals surface area contributed by atoms with Gasteiger partial charge in [0.25, 0.3) is 0 Å². The maximum atomic E-state index is 10.1. The first-order valence-corrected chi connectivity index (χ1v) is 11.1. The van der Waals surface area contributed by atoms with Gasteiger partial charge in [0.2, 0.25) is 0 Å². The van der Waals surface area contributed by atoms with Gasteiger partial charge >= 0.3 is 0 Å². The molecule has 0 aromatic rings. The minimum absolute atomic E-state index is 0.162. The highest BCUT2D eigenvalue weighted by molar-refractivity contribution is 4.90. The molecule has 0 radical (unpaired) electrons. The highest BCUT2D eigenvalue weighted by atomic mass is 16.6. The first-order valence-electron chi connectivity index (χ1n) is 11.1. The molecule has 1 aliphatic heterocycles. The van der Waals surface area contributed by atoms with Gasteiger partial charge in [-0.05, 0) is 12.8 Å². The zero-order valence-corrected chi connectivity index (χ0v) is 16.6. The van der Waals surface area contributed by atoms with E-state index in [2.05, 4.69) is 13.8 Å². The van der Waals surface area contributed by atoms with E-state index in [1.54, 1.807) is 0 Å². The summed E-state index contributed by atoms with van der Waals surface area (Å²) >= 11 is 0. The SMILES string of the molecule is CCCCCCCCCCCCCCC1OC1C(O)CCCCC. The molecule has 1 aliphatic rings. The van der Waals surface area contributed by atoms with Crippen LogP contribution in [-0.4, -0.2) is 23.4 Å². The lowest BCUT2D eigenvalue weighted by Crippen LogP contribution is -2.16. The third kappa shape index (κ3) is 11.5. The van der Waals surface area contributed by atoms with Gasteiger partial charge in [-0.3, -0.25) is 0 Å². The smallest absolute Gasteiger partial charge is 0.110 e. The Balaban J connectivity index is 1.77. The van der Waals surface area contributed by atoms with E-state index >= 15 is 0 Å². The van der Waals surface area contributed by atoms with E-state index in [1.165, 1.54) is 89.9 Å². The van der Waals surface area contributed by atoms with Crippen molar-refractivity contribution < 1.29 is 9.84 Å². The normalized spacial score (nSPS) is 21.1. The Bertz CT molecular complexity index is 267. The van der Waals surface area contributed by atoms with Crippen LogP contribution in [0.3, 0.4) is 0 Å². The molecule has 0 aromatic heterocycles. The van der Waals surface area contributed by atoms with Crippen molar-refractivity contribution in [3.8, 4) is 0 Å². The molecule has 0 bridgehead atoms. The van der Waals surface area contributed by atoms with Crippen LogP contribution in [0.15, 0.2) is 0 Å². The molecule has 2 heteroatoms. The van der Waals surface area contributed by atoms with E-state index in [1.807, 2.05) is 0 Å². The molecule has 24 heavy (non-hydrogen) atoms. The van der Waals surface area contributed by atoms with Crippen molar-refractivity contribution in [1.82, 2.24) is 0 Å². The molecule has 1 saturated heterocycles. The van der Waals surface area contributed by atoms with Crippen LogP contribution in [0.25, 0.3) is 0 Å². The second kappa shape index (κ2) is 15.2. The van der Waals surface area contributed by atoms with Crippen LogP contribution in [0.1, 0.15) is 123 Å². The third-order valence-electron chi connectivity index (χ3n) is 5.45. The molecular weight excluding hydrogens is 296 g/mol. The molecule has 0 spiro atoms. The van der Waals surface area contributed by atoms with Crippen molar-refractivity contribution in [3.63, 3.8) is 0 Å². The van der Waals surface area contributed by atoms with Gasteiger partial charge in [0, 0.05) is 0 Å². The quantitative estimate of drug-likeness (QED) is 0.220. The summed E-state index contributed by atoms with van der Waals surface area (Å²) in [6.07, 6.45) is 22.8. The minimum atomic E-state index is -0.209. The van der Waals surface area contributed by atoms with Crippen LogP contribution in [0.4, 0.5) is 0 Å². The lowest BCUT2D eigenvalue weighted by atomic mass is 10.0. The van der Waals surface area contributed by atoms with Gasteiger partial charge in [-0.1, -0.05) is 110 Å². The number of aliphatic hydroxyl groups is 1. The van der Waals surface area contributed by atoms with E-state index < -0.39 is 0 Å². The summed E-state index contributed by atoms with van der Waals surface area (Å²) in [6.45, 7) is 4.49. The van der Waals surface area contributed by atoms with Gasteiger partial charge in [0.15, 0.2) is 0 Å². The molecule has 1 fully saturated rings. The van der Waals surface area contributed by atoms with Gasteiger partial charge in [-0.2, -0.15) is 0 Å². The highest BCUT2D eigenvalue weighted by Gasteiger charge is 2.42. The molecule has 3 unspecified atom stereocenters. The monoisotopic (exact) mass is 340 g/mol. The van der Waals surface area contributed by atoms with E-state index in [4.69, 9.17) is 4.74 Å². The lowest BCUT2D eigenvalue weighted by molar-refractivity contribution is 0.123. The molecule has 3 atom stereocenters. The average Bonchev–Trinajstić information content (AvgIpc) is 3.36. The molecule has 1 N–H and O–H groups in total. The maximum Gasteiger partial charge on any atom is 0.110 e. The summed E-state index contributed by atoms with van der Waals surface area (Å²) in [5.41, 5.74) is 0. The largest absolute Gasteiger partial charge is 0.390 e. The molecule has 144 valence electrons. The Kier molecular flexibility index (Phi) is 13.9. The van der Waals surface area contributed by atoms with Crippen molar-refractivity contribution in [2.45, 2.75) is 141 Å². The summed E-state index contributed by atoms with van der Waals surface area (Å²) in [6, 6.07) is 0. The first-order chi connectivity index (χ1) is 11.8. The highest BCUT2D eigenvalue weighted by Crippen LogP contribution is 2.32. The standard InChI is InChI=1S/C22H44O2/c1-3-5-7-8-9-10-11-12-13-14-15-17-19-21-22(24-21)20(23)18-16-6-4-2/h20-23H,3-19H2,1-2H3. The number of unbranched alkanes of at least 4 members (excludes halogenated alkanes) is 13. The summed E-state index contributed by atoms with van der Waals surface area (Å²) < 4.78 is 5.66. The Hall–Kier alpha value is -0.0800. The fourth-order valence-corrected chi connectivity index (χ4v) is 3.68. The molecule has 0 aliphatic carbocycles. The fourth-order valence-electron chi connectivity index (χ4n) is 3.68. The van der Waals surface area contributed by atoms with Gasteiger partial charge in [0.05, 0.1) is 12.2 Å². The number of ether oxygens (including phenoxy) is 1. The molecular formula is C22H44O2. The molecule has 1 heterocycles. The van der Waals surface area contributed by atoms with Gasteiger partial charge < -0.3 is 9.84 Å². The Labute approximate surface area is 151 Å². The van der Waals surface area contributed by atoms with Crippen LogP contribution in [0, 0.1) is 0 Å². The third-order valence-corrected chi connectivity index (χ3v) is 5.45. The number of epoxide rings is 1. The predicted molar refractivity (Wildman–Crippen MR) is 105 cm³/mol. The van der Waals surface area contributed by atoms with Crippen LogP contribution >= 0.6 is 0 Å². The number of rotatable bonds is 18. The molecule has 0 saturated carbocycles. The number of aliphatic hydroxyl groups excluding tert-OH is 1. The summed E-state index contributed by atoms with van der Waals surface area (Å²) in [7, 11) is 0. The van der Waals surface area contributed by atoms with Crippen LogP contribution in [-0.2, 0) is 4.74 Å². The van der Waals surface area contributed by atoms with E-state index in [-0.39, 0.29) is 12.2 Å². The number of hydrogen-bond acceptors (Lipinski definition) is 2. The van der Waals surface area contributed by atoms with E-state index in [0.717, 1.165) is 19.3 Å². The van der Waals surface area contributed by atoms with Crippen LogP contribution in [0.2, 0.25) is 0 Å². The summed E-state index contributed by atoms with van der Waals surface area (Å²) in [5, 5.41) is 10.1. The van der Waals surface area contributed by atoms with Gasteiger partial charge in [-0.15, -0.1) is 0 Å². The van der Waals surface area contributed by atoms with E-state index in [0.29, 0.717) is 6.10 Å². The second-order valence-corrected chi connectivity index (χ2v) is 7.88. The lowest BCUT2D eigenvalue weighted by Gasteiger charge is -2.06. The first kappa shape index (κ1) is 22.0. The average molecular weight is 341 g/mol. The van der Waals surface area contributed by atoms with E-state index in [9.17, 15) is 5.11 Å². The maximum absolute atomic E-state index is 10.1. The van der Waals surface area contributed by atoms with Crippen molar-refractivity contribution in [3.05, 3.63) is 0 Å². The van der Waals surface area contributed by atoms with Crippen molar-refractivity contribution in [2.75, 3.05) is 0 Å². The summed E-state index contributed by atoms with van der Waals surface area (Å²) in [4.78, 5) is 0. The second-order valence-electron chi connectivity index (χ2n) is 7.88. The molecule has 1 rings (SSSR count). The van der Waals surface area contributed by atoms with Crippen molar-refractivity contribution >= 4 is 0 Å². The van der Waals surface area contributed by atoms with Gasteiger partial charge in [-0.25, -0.2) is 0 Å². The van der Waals surface area contributed by atoms with Crippen molar-refractivity contribution in [1.29, 1.82) is 0 Å². The predicted octanol–water partition coefficient (Wildman–Crippen LogP) is 6.79. The zero-order valence-electron chi connectivity index (χ0n) is 16.6. The molecule has 0 amide bonds. The van der Waals surface area contributed by atoms with Gasteiger partial charge in [0.1, 0.15) is 6.10 Å². The Morgan fingerprint density at radius 2 is 1.12 bits per heavy atom. The zero-order chi connectivity index (χ0) is 17.5. The summed E-state index contributed by atoms with van der Waals surface area (Å²) in [5.74, 6) is 0. The number of hydrogen-bond donors (Lipinski definition) is 1. The topological polar surface area (TPSA) is 32.8 Å². The Morgan fingerprint density at radius 1 is 0.667 bits per heavy atom. The van der Waals surface area contributed by atoms with Crippen LogP contribution in [0.5, 0.6) is 0 Å². The molecule has 0 aromatic carbocycles. The Morgan fingerprint density at radius 3 is 1.67 bits per heavy atom. The molecule has 2 nitrogen and oxygen atoms in total. The fraction of sp³-hybridized carbons (Fsp3) is 1.00.